The zero-order valence-corrected chi connectivity index (χ0v) is 12.1. The molecule has 0 aliphatic heterocycles. The molecule has 2 atom stereocenters. The summed E-state index contributed by atoms with van der Waals surface area (Å²) in [5.41, 5.74) is 3.16. The largest absolute Gasteiger partial charge is 0.313 e. The minimum absolute atomic E-state index is 0.683. The molecule has 1 aromatic carbocycles. The molecule has 0 fully saturated rings. The van der Waals surface area contributed by atoms with Gasteiger partial charge in [0.25, 0.3) is 0 Å². The highest BCUT2D eigenvalue weighted by atomic mass is 14.9. The average molecular weight is 245 g/mol. The SMILES string of the molecule is CCCNC(CCC(C)C)C1Cc2ccccc21. The van der Waals surface area contributed by atoms with Crippen LogP contribution in [0.15, 0.2) is 24.3 Å². The van der Waals surface area contributed by atoms with Crippen LogP contribution in [-0.2, 0) is 6.42 Å². The Morgan fingerprint density at radius 1 is 1.22 bits per heavy atom. The van der Waals surface area contributed by atoms with Crippen LogP contribution in [0.5, 0.6) is 0 Å². The second kappa shape index (κ2) is 6.38. The minimum atomic E-state index is 0.683. The van der Waals surface area contributed by atoms with Gasteiger partial charge < -0.3 is 5.32 Å². The zero-order valence-electron chi connectivity index (χ0n) is 12.1. The first-order valence-corrected chi connectivity index (χ1v) is 7.53. The molecule has 1 N–H and O–H groups in total. The number of nitrogens with one attached hydrogen (secondary N) is 1. The Bertz CT molecular complexity index is 370. The van der Waals surface area contributed by atoms with Gasteiger partial charge in [0, 0.05) is 12.0 Å². The van der Waals surface area contributed by atoms with Gasteiger partial charge in [0.2, 0.25) is 0 Å². The van der Waals surface area contributed by atoms with E-state index in [2.05, 4.69) is 50.4 Å². The van der Waals surface area contributed by atoms with Gasteiger partial charge in [-0.2, -0.15) is 0 Å². The van der Waals surface area contributed by atoms with E-state index in [-0.39, 0.29) is 0 Å². The van der Waals surface area contributed by atoms with Crippen molar-refractivity contribution in [2.24, 2.45) is 5.92 Å². The maximum Gasteiger partial charge on any atom is 0.0139 e. The third kappa shape index (κ3) is 3.14. The number of hydrogen-bond acceptors (Lipinski definition) is 1. The normalized spacial score (nSPS) is 19.4. The molecule has 1 heteroatoms. The molecule has 0 saturated heterocycles. The quantitative estimate of drug-likeness (QED) is 0.761. The summed E-state index contributed by atoms with van der Waals surface area (Å²) in [6, 6.07) is 9.63. The number of benzene rings is 1. The van der Waals surface area contributed by atoms with Gasteiger partial charge in [-0.3, -0.25) is 0 Å². The van der Waals surface area contributed by atoms with Crippen molar-refractivity contribution in [3.8, 4) is 0 Å². The first-order valence-electron chi connectivity index (χ1n) is 7.53. The van der Waals surface area contributed by atoms with E-state index in [0.717, 1.165) is 18.4 Å². The fourth-order valence-electron chi connectivity index (χ4n) is 2.94. The standard InChI is InChI=1S/C17H27N/c1-4-11-18-17(10-9-13(2)3)16-12-14-7-5-6-8-15(14)16/h5-8,13,16-18H,4,9-12H2,1-3H3. The van der Waals surface area contributed by atoms with Gasteiger partial charge in [0.15, 0.2) is 0 Å². The van der Waals surface area contributed by atoms with Crippen molar-refractivity contribution in [3.63, 3.8) is 0 Å². The van der Waals surface area contributed by atoms with Crippen LogP contribution >= 0.6 is 0 Å². The van der Waals surface area contributed by atoms with E-state index < -0.39 is 0 Å². The minimum Gasteiger partial charge on any atom is -0.313 e. The number of fused-ring (bicyclic) bond motifs is 1. The van der Waals surface area contributed by atoms with E-state index in [9.17, 15) is 0 Å². The van der Waals surface area contributed by atoms with Crippen LogP contribution in [0.4, 0.5) is 0 Å². The molecule has 100 valence electrons. The van der Waals surface area contributed by atoms with Crippen LogP contribution in [0.1, 0.15) is 57.1 Å². The number of rotatable bonds is 7. The molecule has 0 spiro atoms. The summed E-state index contributed by atoms with van der Waals surface area (Å²) in [6.45, 7) is 8.06. The summed E-state index contributed by atoms with van der Waals surface area (Å²) in [4.78, 5) is 0. The molecule has 0 radical (unpaired) electrons. The van der Waals surface area contributed by atoms with Crippen molar-refractivity contribution in [2.45, 2.75) is 58.4 Å². The predicted molar refractivity (Wildman–Crippen MR) is 79.0 cm³/mol. The lowest BCUT2D eigenvalue weighted by Crippen LogP contribution is -2.40. The monoisotopic (exact) mass is 245 g/mol. The van der Waals surface area contributed by atoms with E-state index in [1.807, 2.05) is 0 Å². The van der Waals surface area contributed by atoms with Gasteiger partial charge in [-0.15, -0.1) is 0 Å². The van der Waals surface area contributed by atoms with Gasteiger partial charge >= 0.3 is 0 Å². The van der Waals surface area contributed by atoms with Crippen LogP contribution in [0.2, 0.25) is 0 Å². The van der Waals surface area contributed by atoms with Crippen molar-refractivity contribution in [2.75, 3.05) is 6.54 Å². The van der Waals surface area contributed by atoms with Gasteiger partial charge in [0.1, 0.15) is 0 Å². The van der Waals surface area contributed by atoms with Gasteiger partial charge in [0.05, 0.1) is 0 Å². The second-order valence-corrected chi connectivity index (χ2v) is 6.04. The molecule has 2 unspecified atom stereocenters. The van der Waals surface area contributed by atoms with Crippen molar-refractivity contribution in [1.82, 2.24) is 5.32 Å². The third-order valence-electron chi connectivity index (χ3n) is 4.09. The Morgan fingerprint density at radius 3 is 2.67 bits per heavy atom. The molecule has 1 aromatic rings. The van der Waals surface area contributed by atoms with Crippen molar-refractivity contribution >= 4 is 0 Å². The first-order chi connectivity index (χ1) is 8.72. The summed E-state index contributed by atoms with van der Waals surface area (Å²) in [5, 5.41) is 3.77. The topological polar surface area (TPSA) is 12.0 Å². The molecular formula is C17H27N. The summed E-state index contributed by atoms with van der Waals surface area (Å²) in [5.74, 6) is 1.57. The van der Waals surface area contributed by atoms with Crippen LogP contribution in [0.3, 0.4) is 0 Å². The lowest BCUT2D eigenvalue weighted by atomic mass is 9.72. The lowest BCUT2D eigenvalue weighted by molar-refractivity contribution is 0.354. The molecule has 1 aliphatic rings. The average Bonchev–Trinajstić information content (AvgIpc) is 2.33. The van der Waals surface area contributed by atoms with Crippen LogP contribution in [-0.4, -0.2) is 12.6 Å². The zero-order chi connectivity index (χ0) is 13.0. The molecule has 1 aliphatic carbocycles. The van der Waals surface area contributed by atoms with Gasteiger partial charge in [-0.1, -0.05) is 45.0 Å². The molecule has 2 rings (SSSR count). The maximum atomic E-state index is 3.77. The Labute approximate surface area is 112 Å². The highest BCUT2D eigenvalue weighted by molar-refractivity contribution is 5.41. The fraction of sp³-hybridized carbons (Fsp3) is 0.647. The van der Waals surface area contributed by atoms with Gasteiger partial charge in [-0.05, 0) is 49.3 Å². The van der Waals surface area contributed by atoms with Crippen LogP contribution in [0.25, 0.3) is 0 Å². The highest BCUT2D eigenvalue weighted by Crippen LogP contribution is 2.38. The summed E-state index contributed by atoms with van der Waals surface area (Å²) in [7, 11) is 0. The third-order valence-corrected chi connectivity index (χ3v) is 4.09. The van der Waals surface area contributed by atoms with E-state index in [4.69, 9.17) is 0 Å². The van der Waals surface area contributed by atoms with E-state index >= 15 is 0 Å². The van der Waals surface area contributed by atoms with Crippen molar-refractivity contribution < 1.29 is 0 Å². The molecule has 0 bridgehead atoms. The Kier molecular flexibility index (Phi) is 4.82. The van der Waals surface area contributed by atoms with Crippen LogP contribution < -0.4 is 5.32 Å². The molecule has 0 heterocycles. The molecular weight excluding hydrogens is 218 g/mol. The molecule has 18 heavy (non-hydrogen) atoms. The summed E-state index contributed by atoms with van der Waals surface area (Å²) in [6.07, 6.45) is 5.15. The van der Waals surface area contributed by atoms with E-state index in [0.29, 0.717) is 6.04 Å². The van der Waals surface area contributed by atoms with Crippen LogP contribution in [0, 0.1) is 5.92 Å². The Morgan fingerprint density at radius 2 is 2.00 bits per heavy atom. The maximum absolute atomic E-state index is 3.77. The lowest BCUT2D eigenvalue weighted by Gasteiger charge is -2.37. The molecule has 0 aromatic heterocycles. The van der Waals surface area contributed by atoms with E-state index in [1.54, 1.807) is 11.1 Å². The molecule has 1 nitrogen and oxygen atoms in total. The van der Waals surface area contributed by atoms with E-state index in [1.165, 1.54) is 25.7 Å². The van der Waals surface area contributed by atoms with Gasteiger partial charge in [-0.25, -0.2) is 0 Å². The summed E-state index contributed by atoms with van der Waals surface area (Å²) < 4.78 is 0. The fourth-order valence-corrected chi connectivity index (χ4v) is 2.94. The second-order valence-electron chi connectivity index (χ2n) is 6.04. The summed E-state index contributed by atoms with van der Waals surface area (Å²) >= 11 is 0. The Balaban J connectivity index is 1.97. The van der Waals surface area contributed by atoms with Crippen molar-refractivity contribution in [3.05, 3.63) is 35.4 Å². The molecule has 0 saturated carbocycles. The first kappa shape index (κ1) is 13.6. The Hall–Kier alpha value is -0.820. The number of hydrogen-bond donors (Lipinski definition) is 1. The smallest absolute Gasteiger partial charge is 0.0139 e. The molecule has 0 amide bonds. The highest BCUT2D eigenvalue weighted by Gasteiger charge is 2.31. The predicted octanol–water partition coefficient (Wildman–Crippen LogP) is 4.13. The van der Waals surface area contributed by atoms with Crippen molar-refractivity contribution in [1.29, 1.82) is 0 Å².